The molecule has 0 radical (unpaired) electrons. The van der Waals surface area contributed by atoms with Crippen LogP contribution in [0, 0.1) is 5.92 Å². The highest BCUT2D eigenvalue weighted by Crippen LogP contribution is 2.16. The van der Waals surface area contributed by atoms with Gasteiger partial charge in [0.15, 0.2) is 0 Å². The average Bonchev–Trinajstić information content (AvgIpc) is 2.45. The van der Waals surface area contributed by atoms with E-state index in [1.807, 2.05) is 11.9 Å². The topological polar surface area (TPSA) is 80.4 Å². The number of nitrogen functional groups attached to an aromatic ring is 1. The molecule has 1 aliphatic rings. The molecule has 0 aromatic carbocycles. The Morgan fingerprint density at radius 3 is 2.60 bits per heavy atom. The van der Waals surface area contributed by atoms with Crippen molar-refractivity contribution in [3.8, 4) is 0 Å². The van der Waals surface area contributed by atoms with Gasteiger partial charge in [-0.25, -0.2) is 0 Å². The van der Waals surface area contributed by atoms with Gasteiger partial charge in [0.1, 0.15) is 0 Å². The van der Waals surface area contributed by atoms with Crippen LogP contribution in [0.2, 0.25) is 0 Å². The molecule has 1 aromatic rings. The molecule has 1 saturated heterocycles. The molecule has 0 saturated carbocycles. The molecule has 0 bridgehead atoms. The highest BCUT2D eigenvalue weighted by atomic mass is 16.5. The Morgan fingerprint density at radius 1 is 1.25 bits per heavy atom. The van der Waals surface area contributed by atoms with Gasteiger partial charge in [0.05, 0.1) is 13.2 Å². The lowest BCUT2D eigenvalue weighted by atomic mass is 10.1. The van der Waals surface area contributed by atoms with Gasteiger partial charge < -0.3 is 20.3 Å². The quantitative estimate of drug-likeness (QED) is 0.853. The smallest absolute Gasteiger partial charge is 0.232 e. The molecular weight excluding hydrogens is 256 g/mol. The summed E-state index contributed by atoms with van der Waals surface area (Å²) >= 11 is 0. The van der Waals surface area contributed by atoms with Crippen LogP contribution < -0.4 is 15.5 Å². The molecule has 0 unspecified atom stereocenters. The van der Waals surface area contributed by atoms with Crippen molar-refractivity contribution < 1.29 is 4.74 Å². The Hall–Kier alpha value is -1.63. The molecule has 2 rings (SSSR count). The van der Waals surface area contributed by atoms with Crippen LogP contribution in [0.15, 0.2) is 0 Å². The molecule has 112 valence electrons. The fraction of sp³-hybridized carbons (Fsp3) is 0.769. The van der Waals surface area contributed by atoms with Gasteiger partial charge in [-0.15, -0.1) is 0 Å². The minimum atomic E-state index is 0.271. The molecular formula is C13H24N6O. The summed E-state index contributed by atoms with van der Waals surface area (Å²) in [4.78, 5) is 17.1. The average molecular weight is 280 g/mol. The van der Waals surface area contributed by atoms with Crippen LogP contribution in [-0.4, -0.2) is 54.8 Å². The van der Waals surface area contributed by atoms with Crippen LogP contribution in [0.4, 0.5) is 17.8 Å². The third-order valence-electron chi connectivity index (χ3n) is 3.31. The zero-order chi connectivity index (χ0) is 14.5. The van der Waals surface area contributed by atoms with Crippen molar-refractivity contribution in [2.75, 3.05) is 55.4 Å². The van der Waals surface area contributed by atoms with Crippen LogP contribution >= 0.6 is 0 Å². The fourth-order valence-electron chi connectivity index (χ4n) is 2.00. The summed E-state index contributed by atoms with van der Waals surface area (Å²) in [6, 6.07) is 0. The second kappa shape index (κ2) is 6.69. The van der Waals surface area contributed by atoms with Crippen molar-refractivity contribution in [1.82, 2.24) is 15.0 Å². The molecule has 1 aromatic heterocycles. The number of hydrogen-bond donors (Lipinski definition) is 1. The number of rotatable bonds is 5. The summed E-state index contributed by atoms with van der Waals surface area (Å²) in [6.07, 6.45) is 1.09. The van der Waals surface area contributed by atoms with Crippen molar-refractivity contribution in [3.05, 3.63) is 0 Å². The van der Waals surface area contributed by atoms with E-state index in [-0.39, 0.29) is 5.95 Å². The first kappa shape index (κ1) is 14.8. The lowest BCUT2D eigenvalue weighted by Crippen LogP contribution is -2.38. The third-order valence-corrected chi connectivity index (χ3v) is 3.31. The van der Waals surface area contributed by atoms with Crippen LogP contribution in [-0.2, 0) is 4.74 Å². The van der Waals surface area contributed by atoms with E-state index in [0.29, 0.717) is 31.0 Å². The first-order valence-corrected chi connectivity index (χ1v) is 7.11. The molecule has 7 nitrogen and oxygen atoms in total. The summed E-state index contributed by atoms with van der Waals surface area (Å²) in [5.41, 5.74) is 5.81. The van der Waals surface area contributed by atoms with E-state index in [1.54, 1.807) is 0 Å². The van der Waals surface area contributed by atoms with Crippen LogP contribution in [0.3, 0.4) is 0 Å². The van der Waals surface area contributed by atoms with Gasteiger partial charge in [-0.2, -0.15) is 15.0 Å². The van der Waals surface area contributed by atoms with Crippen molar-refractivity contribution in [2.45, 2.75) is 20.3 Å². The second-order valence-electron chi connectivity index (χ2n) is 5.50. The summed E-state index contributed by atoms with van der Waals surface area (Å²) in [6.45, 7) is 8.29. The van der Waals surface area contributed by atoms with E-state index in [1.165, 1.54) is 0 Å². The van der Waals surface area contributed by atoms with Crippen LogP contribution in [0.5, 0.6) is 0 Å². The van der Waals surface area contributed by atoms with Gasteiger partial charge in [-0.1, -0.05) is 13.8 Å². The van der Waals surface area contributed by atoms with Crippen LogP contribution in [0.1, 0.15) is 20.3 Å². The summed E-state index contributed by atoms with van der Waals surface area (Å²) in [5.74, 6) is 2.20. The standard InChI is InChI=1S/C13H24N6O/c1-10(2)4-5-18(3)12-15-11(14)16-13(17-12)19-6-8-20-9-7-19/h10H,4-9H2,1-3H3,(H2,14,15,16,17). The number of aromatic nitrogens is 3. The van der Waals surface area contributed by atoms with Gasteiger partial charge in [0, 0.05) is 26.7 Å². The Labute approximate surface area is 120 Å². The van der Waals surface area contributed by atoms with E-state index < -0.39 is 0 Å². The Balaban J connectivity index is 2.10. The highest BCUT2D eigenvalue weighted by molar-refractivity contribution is 5.43. The first-order valence-electron chi connectivity index (χ1n) is 7.11. The molecule has 1 fully saturated rings. The van der Waals surface area contributed by atoms with Gasteiger partial charge in [0.25, 0.3) is 0 Å². The Morgan fingerprint density at radius 2 is 1.95 bits per heavy atom. The summed E-state index contributed by atoms with van der Waals surface area (Å²) in [5, 5.41) is 0. The second-order valence-corrected chi connectivity index (χ2v) is 5.50. The Bertz CT molecular complexity index is 433. The van der Waals surface area contributed by atoms with Gasteiger partial charge in [-0.05, 0) is 12.3 Å². The number of morpholine rings is 1. The van der Waals surface area contributed by atoms with Crippen LogP contribution in [0.25, 0.3) is 0 Å². The van der Waals surface area contributed by atoms with Crippen molar-refractivity contribution >= 4 is 17.8 Å². The van der Waals surface area contributed by atoms with Crippen molar-refractivity contribution in [2.24, 2.45) is 5.92 Å². The number of hydrogen-bond acceptors (Lipinski definition) is 7. The third kappa shape index (κ3) is 3.93. The lowest BCUT2D eigenvalue weighted by molar-refractivity contribution is 0.122. The maximum absolute atomic E-state index is 5.81. The summed E-state index contributed by atoms with van der Waals surface area (Å²) in [7, 11) is 1.99. The number of ether oxygens (including phenoxy) is 1. The maximum atomic E-state index is 5.81. The number of nitrogens with two attached hydrogens (primary N) is 1. The number of anilines is 3. The Kier molecular flexibility index (Phi) is 4.94. The molecule has 0 spiro atoms. The van der Waals surface area contributed by atoms with Crippen molar-refractivity contribution in [3.63, 3.8) is 0 Å². The molecule has 0 aliphatic carbocycles. The van der Waals surface area contributed by atoms with E-state index in [2.05, 4.69) is 33.7 Å². The van der Waals surface area contributed by atoms with Gasteiger partial charge in [-0.3, -0.25) is 0 Å². The molecule has 0 amide bonds. The predicted octanol–water partition coefficient (Wildman–Crippen LogP) is 0.773. The van der Waals surface area contributed by atoms with Gasteiger partial charge >= 0.3 is 0 Å². The molecule has 20 heavy (non-hydrogen) atoms. The van der Waals surface area contributed by atoms with Gasteiger partial charge in [0.2, 0.25) is 17.8 Å². The SMILES string of the molecule is CC(C)CCN(C)c1nc(N)nc(N2CCOCC2)n1. The minimum absolute atomic E-state index is 0.271. The molecule has 0 atom stereocenters. The van der Waals surface area contributed by atoms with E-state index >= 15 is 0 Å². The molecule has 7 heteroatoms. The highest BCUT2D eigenvalue weighted by Gasteiger charge is 2.17. The minimum Gasteiger partial charge on any atom is -0.378 e. The largest absolute Gasteiger partial charge is 0.378 e. The summed E-state index contributed by atoms with van der Waals surface area (Å²) < 4.78 is 5.34. The first-order chi connectivity index (χ1) is 9.56. The van der Waals surface area contributed by atoms with E-state index in [9.17, 15) is 0 Å². The lowest BCUT2D eigenvalue weighted by Gasteiger charge is -2.27. The molecule has 2 heterocycles. The monoisotopic (exact) mass is 280 g/mol. The predicted molar refractivity (Wildman–Crippen MR) is 80.0 cm³/mol. The normalized spacial score (nSPS) is 15.7. The number of nitrogens with zero attached hydrogens (tertiary/aromatic N) is 5. The fourth-order valence-corrected chi connectivity index (χ4v) is 2.00. The zero-order valence-corrected chi connectivity index (χ0v) is 12.5. The maximum Gasteiger partial charge on any atom is 0.232 e. The zero-order valence-electron chi connectivity index (χ0n) is 12.5. The van der Waals surface area contributed by atoms with E-state index in [4.69, 9.17) is 10.5 Å². The van der Waals surface area contributed by atoms with Crippen molar-refractivity contribution in [1.29, 1.82) is 0 Å². The molecule has 2 N–H and O–H groups in total. The molecule has 1 aliphatic heterocycles. The van der Waals surface area contributed by atoms with E-state index in [0.717, 1.165) is 26.1 Å².